The molecule has 3 N–H and O–H groups in total. The second kappa shape index (κ2) is 8.82. The highest BCUT2D eigenvalue weighted by molar-refractivity contribution is 14.0. The lowest BCUT2D eigenvalue weighted by molar-refractivity contribution is 0.381. The monoisotopic (exact) mass is 469 g/mol. The predicted molar refractivity (Wildman–Crippen MR) is 110 cm³/mol. The number of aryl methyl sites for hydroxylation is 1. The molecule has 2 aromatic carbocycles. The summed E-state index contributed by atoms with van der Waals surface area (Å²) in [6, 6.07) is 15.0. The van der Waals surface area contributed by atoms with E-state index in [-0.39, 0.29) is 36.5 Å². The molecule has 0 amide bonds. The van der Waals surface area contributed by atoms with Gasteiger partial charge in [-0.3, -0.25) is 0 Å². The number of aliphatic imine (C=N–C) groups is 1. The highest BCUT2D eigenvalue weighted by Gasteiger charge is 2.08. The molecule has 0 bridgehead atoms. The first kappa shape index (κ1) is 19.2. The summed E-state index contributed by atoms with van der Waals surface area (Å²) < 4.78 is 5.18. The van der Waals surface area contributed by atoms with Gasteiger partial charge in [0.1, 0.15) is 6.54 Å². The zero-order valence-electron chi connectivity index (χ0n) is 13.4. The molecule has 6 nitrogen and oxygen atoms in total. The third-order valence-corrected chi connectivity index (χ3v) is 3.53. The van der Waals surface area contributed by atoms with Gasteiger partial charge in [-0.1, -0.05) is 34.5 Å². The molecule has 0 spiro atoms. The summed E-state index contributed by atoms with van der Waals surface area (Å²) in [5.74, 6) is 1.15. The van der Waals surface area contributed by atoms with Crippen molar-refractivity contribution in [1.29, 1.82) is 0 Å². The van der Waals surface area contributed by atoms with Gasteiger partial charge >= 0.3 is 0 Å². The van der Waals surface area contributed by atoms with Crippen LogP contribution < -0.4 is 11.1 Å². The number of anilines is 1. The lowest BCUT2D eigenvalue weighted by atomic mass is 10.2. The third-order valence-electron chi connectivity index (χ3n) is 3.28. The molecule has 1 aromatic heterocycles. The number of hydrogen-bond acceptors (Lipinski definition) is 4. The van der Waals surface area contributed by atoms with Crippen molar-refractivity contribution in [2.45, 2.75) is 13.5 Å². The van der Waals surface area contributed by atoms with Crippen LogP contribution in [0, 0.1) is 6.92 Å². The minimum atomic E-state index is 0. The van der Waals surface area contributed by atoms with Crippen LogP contribution in [0.4, 0.5) is 5.69 Å². The summed E-state index contributed by atoms with van der Waals surface area (Å²) in [4.78, 5) is 8.49. The van der Waals surface area contributed by atoms with E-state index in [1.54, 1.807) is 12.1 Å². The van der Waals surface area contributed by atoms with E-state index in [4.69, 9.17) is 21.9 Å². The fourth-order valence-electron chi connectivity index (χ4n) is 2.01. The summed E-state index contributed by atoms with van der Waals surface area (Å²) in [6.07, 6.45) is 0. The third kappa shape index (κ3) is 5.43. The van der Waals surface area contributed by atoms with Crippen molar-refractivity contribution in [2.24, 2.45) is 10.7 Å². The molecule has 130 valence electrons. The van der Waals surface area contributed by atoms with Crippen LogP contribution in [0.2, 0.25) is 5.02 Å². The molecule has 25 heavy (non-hydrogen) atoms. The van der Waals surface area contributed by atoms with Gasteiger partial charge in [-0.25, -0.2) is 4.99 Å². The maximum Gasteiger partial charge on any atom is 0.248 e. The number of halogens is 2. The Hall–Kier alpha value is -2.13. The van der Waals surface area contributed by atoms with Crippen LogP contribution in [0.15, 0.2) is 58.0 Å². The van der Waals surface area contributed by atoms with Gasteiger partial charge in [0.15, 0.2) is 5.96 Å². The van der Waals surface area contributed by atoms with Crippen LogP contribution >= 0.6 is 35.6 Å². The van der Waals surface area contributed by atoms with Crippen LogP contribution in [-0.2, 0) is 6.54 Å². The summed E-state index contributed by atoms with van der Waals surface area (Å²) in [5.41, 5.74) is 8.73. The number of nitrogens with zero attached hydrogens (tertiary/aromatic N) is 3. The number of hydrogen-bond donors (Lipinski definition) is 2. The SMILES string of the molecule is Cc1ccc(NC(N)=NCc2nc(-c3ccc(Cl)cc3)no2)cc1.I. The lowest BCUT2D eigenvalue weighted by Crippen LogP contribution is -2.22. The Morgan fingerprint density at radius 3 is 2.52 bits per heavy atom. The minimum absolute atomic E-state index is 0. The van der Waals surface area contributed by atoms with Crippen LogP contribution in [0.25, 0.3) is 11.4 Å². The number of guanidine groups is 1. The average Bonchev–Trinajstić information content (AvgIpc) is 3.05. The molecule has 0 fully saturated rings. The molecule has 0 aliphatic heterocycles. The van der Waals surface area contributed by atoms with E-state index in [0.29, 0.717) is 16.7 Å². The zero-order valence-corrected chi connectivity index (χ0v) is 16.5. The van der Waals surface area contributed by atoms with E-state index in [2.05, 4.69) is 20.4 Å². The number of rotatable bonds is 4. The molecule has 0 saturated heterocycles. The Labute approximate surface area is 167 Å². The Balaban J connectivity index is 0.00000225. The van der Waals surface area contributed by atoms with E-state index in [0.717, 1.165) is 11.3 Å². The number of benzene rings is 2. The maximum atomic E-state index is 5.86. The van der Waals surface area contributed by atoms with Gasteiger partial charge < -0.3 is 15.6 Å². The predicted octanol–water partition coefficient (Wildman–Crippen LogP) is 4.24. The molecule has 0 aliphatic rings. The molecular weight excluding hydrogens is 453 g/mol. The van der Waals surface area contributed by atoms with Crippen molar-refractivity contribution >= 4 is 47.2 Å². The van der Waals surface area contributed by atoms with Gasteiger partial charge in [-0.05, 0) is 43.3 Å². The molecule has 0 atom stereocenters. The first-order valence-corrected chi connectivity index (χ1v) is 7.70. The molecule has 0 aliphatic carbocycles. The molecule has 8 heteroatoms. The molecule has 0 saturated carbocycles. The van der Waals surface area contributed by atoms with Gasteiger partial charge in [-0.15, -0.1) is 24.0 Å². The van der Waals surface area contributed by atoms with E-state index in [1.165, 1.54) is 5.56 Å². The summed E-state index contributed by atoms with van der Waals surface area (Å²) >= 11 is 5.86. The standard InChI is InChI=1S/C17H16ClN5O.HI/c1-11-2-8-14(9-3-11)21-17(19)20-10-15-22-16(23-24-15)12-4-6-13(18)7-5-12;/h2-9H,10H2,1H3,(H3,19,20,21);1H. The number of aromatic nitrogens is 2. The Bertz CT molecular complexity index is 846. The maximum absolute atomic E-state index is 5.86. The normalized spacial score (nSPS) is 11.0. The number of nitrogens with two attached hydrogens (primary N) is 1. The second-order valence-electron chi connectivity index (χ2n) is 5.21. The molecule has 1 heterocycles. The van der Waals surface area contributed by atoms with Gasteiger partial charge in [-0.2, -0.15) is 4.98 Å². The highest BCUT2D eigenvalue weighted by Crippen LogP contribution is 2.18. The molecule has 3 aromatic rings. The fraction of sp³-hybridized carbons (Fsp3) is 0.118. The van der Waals surface area contributed by atoms with Crippen molar-refractivity contribution in [3.63, 3.8) is 0 Å². The summed E-state index contributed by atoms with van der Waals surface area (Å²) in [6.45, 7) is 2.22. The van der Waals surface area contributed by atoms with Crippen molar-refractivity contribution in [1.82, 2.24) is 10.1 Å². The van der Waals surface area contributed by atoms with Gasteiger partial charge in [0, 0.05) is 16.3 Å². The Kier molecular flexibility index (Phi) is 6.77. The van der Waals surface area contributed by atoms with Crippen LogP contribution in [0.1, 0.15) is 11.5 Å². The van der Waals surface area contributed by atoms with Crippen molar-refractivity contribution in [2.75, 3.05) is 5.32 Å². The zero-order chi connectivity index (χ0) is 16.9. The molecule has 3 rings (SSSR count). The highest BCUT2D eigenvalue weighted by atomic mass is 127. The van der Waals surface area contributed by atoms with Crippen LogP contribution in [0.3, 0.4) is 0 Å². The quantitative estimate of drug-likeness (QED) is 0.339. The van der Waals surface area contributed by atoms with E-state index in [1.807, 2.05) is 43.3 Å². The largest absolute Gasteiger partial charge is 0.370 e. The van der Waals surface area contributed by atoms with Crippen molar-refractivity contribution in [3.05, 3.63) is 65.0 Å². The Morgan fingerprint density at radius 1 is 1.16 bits per heavy atom. The molecular formula is C17H17ClIN5O. The van der Waals surface area contributed by atoms with Gasteiger partial charge in [0.05, 0.1) is 0 Å². The Morgan fingerprint density at radius 2 is 1.84 bits per heavy atom. The second-order valence-corrected chi connectivity index (χ2v) is 5.65. The van der Waals surface area contributed by atoms with Gasteiger partial charge in [0.25, 0.3) is 0 Å². The van der Waals surface area contributed by atoms with E-state index in [9.17, 15) is 0 Å². The molecule has 0 unspecified atom stereocenters. The smallest absolute Gasteiger partial charge is 0.248 e. The average molecular weight is 470 g/mol. The van der Waals surface area contributed by atoms with Gasteiger partial charge in [0.2, 0.25) is 11.7 Å². The fourth-order valence-corrected chi connectivity index (χ4v) is 2.14. The van der Waals surface area contributed by atoms with Crippen molar-refractivity contribution in [3.8, 4) is 11.4 Å². The lowest BCUT2D eigenvalue weighted by Gasteiger charge is -2.04. The first-order chi connectivity index (χ1) is 11.6. The van der Waals surface area contributed by atoms with E-state index >= 15 is 0 Å². The van der Waals surface area contributed by atoms with Crippen molar-refractivity contribution < 1.29 is 4.52 Å². The first-order valence-electron chi connectivity index (χ1n) is 7.32. The van der Waals surface area contributed by atoms with Crippen LogP contribution in [0.5, 0.6) is 0 Å². The molecule has 0 radical (unpaired) electrons. The number of nitrogens with one attached hydrogen (secondary N) is 1. The van der Waals surface area contributed by atoms with E-state index < -0.39 is 0 Å². The topological polar surface area (TPSA) is 89.3 Å². The minimum Gasteiger partial charge on any atom is -0.370 e. The summed E-state index contributed by atoms with van der Waals surface area (Å²) in [5, 5.41) is 7.59. The van der Waals surface area contributed by atoms with Crippen LogP contribution in [-0.4, -0.2) is 16.1 Å². The summed E-state index contributed by atoms with van der Waals surface area (Å²) in [7, 11) is 0.